The maximum atomic E-state index is 11.7. The standard InChI is InChI=1S/C12H12N2O3/c1-7-3-4-9(6-10(7)15)13-12(16)11-5-8(2)14-17-11/h3-6,15H,1-2H3,(H,13,16). The van der Waals surface area contributed by atoms with Gasteiger partial charge in [-0.3, -0.25) is 4.79 Å². The van der Waals surface area contributed by atoms with Crippen LogP contribution in [0.15, 0.2) is 28.8 Å². The van der Waals surface area contributed by atoms with Crippen LogP contribution in [0.5, 0.6) is 5.75 Å². The van der Waals surface area contributed by atoms with Gasteiger partial charge in [-0.05, 0) is 25.5 Å². The number of carbonyl (C=O) groups excluding carboxylic acids is 1. The van der Waals surface area contributed by atoms with Gasteiger partial charge in [0.25, 0.3) is 5.91 Å². The van der Waals surface area contributed by atoms with E-state index in [-0.39, 0.29) is 11.5 Å². The number of aromatic hydroxyl groups is 1. The highest BCUT2D eigenvalue weighted by Gasteiger charge is 2.12. The third-order valence-corrected chi connectivity index (χ3v) is 2.32. The normalized spacial score (nSPS) is 10.2. The fraction of sp³-hybridized carbons (Fsp3) is 0.167. The summed E-state index contributed by atoms with van der Waals surface area (Å²) < 4.78 is 4.83. The number of phenols is 1. The quantitative estimate of drug-likeness (QED) is 0.832. The van der Waals surface area contributed by atoms with Gasteiger partial charge in [0.1, 0.15) is 5.75 Å². The molecule has 0 atom stereocenters. The van der Waals surface area contributed by atoms with Crippen molar-refractivity contribution >= 4 is 11.6 Å². The number of phenolic OH excluding ortho intramolecular Hbond substituents is 1. The Morgan fingerprint density at radius 3 is 2.71 bits per heavy atom. The summed E-state index contributed by atoms with van der Waals surface area (Å²) >= 11 is 0. The molecule has 0 unspecified atom stereocenters. The zero-order valence-corrected chi connectivity index (χ0v) is 9.52. The molecule has 0 aliphatic carbocycles. The maximum Gasteiger partial charge on any atom is 0.294 e. The first-order valence-corrected chi connectivity index (χ1v) is 5.10. The fourth-order valence-corrected chi connectivity index (χ4v) is 1.35. The minimum absolute atomic E-state index is 0.136. The number of anilines is 1. The van der Waals surface area contributed by atoms with Crippen LogP contribution in [0.2, 0.25) is 0 Å². The van der Waals surface area contributed by atoms with E-state index in [0.29, 0.717) is 11.4 Å². The number of carbonyl (C=O) groups is 1. The van der Waals surface area contributed by atoms with E-state index in [0.717, 1.165) is 5.56 Å². The van der Waals surface area contributed by atoms with Crippen LogP contribution in [0.4, 0.5) is 5.69 Å². The Morgan fingerprint density at radius 1 is 1.35 bits per heavy atom. The molecule has 1 amide bonds. The van der Waals surface area contributed by atoms with E-state index in [1.807, 2.05) is 0 Å². The van der Waals surface area contributed by atoms with E-state index in [1.54, 1.807) is 32.0 Å². The van der Waals surface area contributed by atoms with Crippen molar-refractivity contribution < 1.29 is 14.4 Å². The van der Waals surface area contributed by atoms with Gasteiger partial charge in [-0.25, -0.2) is 0 Å². The number of aromatic nitrogens is 1. The average Bonchev–Trinajstić information content (AvgIpc) is 2.70. The Bertz CT molecular complexity index is 561. The van der Waals surface area contributed by atoms with Gasteiger partial charge in [-0.1, -0.05) is 11.2 Å². The van der Waals surface area contributed by atoms with E-state index in [9.17, 15) is 9.90 Å². The zero-order chi connectivity index (χ0) is 12.4. The molecule has 0 saturated carbocycles. The van der Waals surface area contributed by atoms with Gasteiger partial charge >= 0.3 is 0 Å². The highest BCUT2D eigenvalue weighted by Crippen LogP contribution is 2.21. The van der Waals surface area contributed by atoms with Crippen molar-refractivity contribution in [3.05, 3.63) is 41.3 Å². The van der Waals surface area contributed by atoms with Gasteiger partial charge in [-0.15, -0.1) is 0 Å². The van der Waals surface area contributed by atoms with E-state index >= 15 is 0 Å². The number of hydrogen-bond acceptors (Lipinski definition) is 4. The molecule has 1 aromatic carbocycles. The molecule has 0 radical (unpaired) electrons. The van der Waals surface area contributed by atoms with Gasteiger partial charge < -0.3 is 14.9 Å². The summed E-state index contributed by atoms with van der Waals surface area (Å²) in [5, 5.41) is 15.7. The Balaban J connectivity index is 2.15. The minimum Gasteiger partial charge on any atom is -0.508 e. The maximum absolute atomic E-state index is 11.7. The molecule has 2 N–H and O–H groups in total. The van der Waals surface area contributed by atoms with E-state index in [1.165, 1.54) is 6.07 Å². The molecule has 1 aromatic heterocycles. The molecule has 0 aliphatic heterocycles. The molecule has 5 nitrogen and oxygen atoms in total. The van der Waals surface area contributed by atoms with Crippen LogP contribution in [0.3, 0.4) is 0 Å². The smallest absolute Gasteiger partial charge is 0.294 e. The fourth-order valence-electron chi connectivity index (χ4n) is 1.35. The van der Waals surface area contributed by atoms with Crippen molar-refractivity contribution in [2.24, 2.45) is 0 Å². The van der Waals surface area contributed by atoms with Crippen LogP contribution in [0.25, 0.3) is 0 Å². The molecule has 88 valence electrons. The van der Waals surface area contributed by atoms with Crippen molar-refractivity contribution in [2.75, 3.05) is 5.32 Å². The lowest BCUT2D eigenvalue weighted by atomic mass is 10.2. The summed E-state index contributed by atoms with van der Waals surface area (Å²) in [6, 6.07) is 6.45. The number of amides is 1. The largest absolute Gasteiger partial charge is 0.508 e. The number of nitrogens with zero attached hydrogens (tertiary/aromatic N) is 1. The molecule has 0 bridgehead atoms. The second-order valence-electron chi connectivity index (χ2n) is 3.79. The number of hydrogen-bond donors (Lipinski definition) is 2. The molecule has 0 spiro atoms. The first kappa shape index (κ1) is 11.2. The number of nitrogens with one attached hydrogen (secondary N) is 1. The molecule has 1 heterocycles. The summed E-state index contributed by atoms with van der Waals surface area (Å²) in [5.41, 5.74) is 1.90. The molecule has 0 saturated heterocycles. The number of rotatable bonds is 2. The van der Waals surface area contributed by atoms with Crippen molar-refractivity contribution in [1.82, 2.24) is 5.16 Å². The third kappa shape index (κ3) is 2.44. The molecule has 5 heteroatoms. The highest BCUT2D eigenvalue weighted by atomic mass is 16.5. The SMILES string of the molecule is Cc1cc(C(=O)Nc2ccc(C)c(O)c2)on1. The Kier molecular flexibility index (Phi) is 2.82. The van der Waals surface area contributed by atoms with E-state index in [4.69, 9.17) is 4.52 Å². The van der Waals surface area contributed by atoms with Crippen molar-refractivity contribution in [2.45, 2.75) is 13.8 Å². The van der Waals surface area contributed by atoms with Crippen LogP contribution in [-0.4, -0.2) is 16.2 Å². The first-order chi connectivity index (χ1) is 8.06. The van der Waals surface area contributed by atoms with Crippen LogP contribution in [0.1, 0.15) is 21.8 Å². The van der Waals surface area contributed by atoms with Gasteiger partial charge in [0, 0.05) is 17.8 Å². The van der Waals surface area contributed by atoms with Crippen LogP contribution in [-0.2, 0) is 0 Å². The zero-order valence-electron chi connectivity index (χ0n) is 9.52. The monoisotopic (exact) mass is 232 g/mol. The number of benzene rings is 1. The van der Waals surface area contributed by atoms with Crippen LogP contribution in [0, 0.1) is 13.8 Å². The molecule has 0 fully saturated rings. The summed E-state index contributed by atoms with van der Waals surface area (Å²) in [4.78, 5) is 11.7. The predicted molar refractivity (Wildman–Crippen MR) is 62.0 cm³/mol. The third-order valence-electron chi connectivity index (χ3n) is 2.32. The Morgan fingerprint density at radius 2 is 2.12 bits per heavy atom. The van der Waals surface area contributed by atoms with Gasteiger partial charge in [0.05, 0.1) is 5.69 Å². The lowest BCUT2D eigenvalue weighted by Gasteiger charge is -2.04. The topological polar surface area (TPSA) is 75.4 Å². The lowest BCUT2D eigenvalue weighted by molar-refractivity contribution is 0.0988. The minimum atomic E-state index is -0.395. The molecule has 17 heavy (non-hydrogen) atoms. The summed E-state index contributed by atoms with van der Waals surface area (Å²) in [5.74, 6) is -0.118. The highest BCUT2D eigenvalue weighted by molar-refractivity contribution is 6.02. The van der Waals surface area contributed by atoms with E-state index < -0.39 is 5.91 Å². The second kappa shape index (κ2) is 4.29. The Labute approximate surface area is 98.1 Å². The van der Waals surface area contributed by atoms with E-state index in [2.05, 4.69) is 10.5 Å². The van der Waals surface area contributed by atoms with Crippen molar-refractivity contribution in [3.8, 4) is 5.75 Å². The van der Waals surface area contributed by atoms with Gasteiger partial charge in [-0.2, -0.15) is 0 Å². The molecular formula is C12H12N2O3. The molecule has 2 rings (SSSR count). The van der Waals surface area contributed by atoms with Gasteiger partial charge in [0.15, 0.2) is 0 Å². The predicted octanol–water partition coefficient (Wildman–Crippen LogP) is 2.25. The average molecular weight is 232 g/mol. The summed E-state index contributed by atoms with van der Waals surface area (Å²) in [6.07, 6.45) is 0. The summed E-state index contributed by atoms with van der Waals surface area (Å²) in [6.45, 7) is 3.51. The lowest BCUT2D eigenvalue weighted by Crippen LogP contribution is -2.10. The van der Waals surface area contributed by atoms with Crippen LogP contribution >= 0.6 is 0 Å². The molecule has 0 aliphatic rings. The van der Waals surface area contributed by atoms with Crippen LogP contribution < -0.4 is 5.32 Å². The van der Waals surface area contributed by atoms with Crippen molar-refractivity contribution in [1.29, 1.82) is 0 Å². The first-order valence-electron chi connectivity index (χ1n) is 5.10. The second-order valence-corrected chi connectivity index (χ2v) is 3.79. The molecule has 2 aromatic rings. The van der Waals surface area contributed by atoms with Crippen molar-refractivity contribution in [3.63, 3.8) is 0 Å². The summed E-state index contributed by atoms with van der Waals surface area (Å²) in [7, 11) is 0. The number of aryl methyl sites for hydroxylation is 2. The Hall–Kier alpha value is -2.30. The van der Waals surface area contributed by atoms with Gasteiger partial charge in [0.2, 0.25) is 5.76 Å². The molecular weight excluding hydrogens is 220 g/mol.